The molecule has 3 rings (SSSR count). The molecule has 2 N–H and O–H groups in total. The van der Waals surface area contributed by atoms with E-state index >= 15 is 0 Å². The van der Waals surface area contributed by atoms with Crippen LogP contribution >= 0.6 is 23.1 Å². The summed E-state index contributed by atoms with van der Waals surface area (Å²) in [6, 6.07) is 0.276. The van der Waals surface area contributed by atoms with Crippen molar-refractivity contribution in [3.05, 3.63) is 6.33 Å². The molecule has 1 aliphatic rings. The summed E-state index contributed by atoms with van der Waals surface area (Å²) in [4.78, 5) is 23.9. The number of carboxylic acid groups (broad SMARTS) is 1. The molecule has 1 fully saturated rings. The first-order valence-electron chi connectivity index (χ1n) is 6.82. The van der Waals surface area contributed by atoms with Crippen molar-refractivity contribution < 1.29 is 9.90 Å². The Morgan fingerprint density at radius 2 is 2.14 bits per heavy atom. The first kappa shape index (κ1) is 14.5. The zero-order chi connectivity index (χ0) is 14.8. The van der Waals surface area contributed by atoms with E-state index < -0.39 is 5.97 Å². The molecule has 8 heteroatoms. The van der Waals surface area contributed by atoms with E-state index in [1.54, 1.807) is 23.1 Å². The maximum atomic E-state index is 11.0. The van der Waals surface area contributed by atoms with Gasteiger partial charge in [-0.15, -0.1) is 11.3 Å². The van der Waals surface area contributed by atoms with Crippen LogP contribution in [0.2, 0.25) is 0 Å². The Balaban J connectivity index is 1.73. The molecular formula is C13H16N4O2S2. The van der Waals surface area contributed by atoms with Crippen LogP contribution in [0.4, 0.5) is 5.82 Å². The van der Waals surface area contributed by atoms with Gasteiger partial charge in [-0.2, -0.15) is 0 Å². The molecule has 6 nitrogen and oxygen atoms in total. The average Bonchev–Trinajstić information content (AvgIpc) is 2.92. The smallest absolute Gasteiger partial charge is 0.306 e. The second-order valence-electron chi connectivity index (χ2n) is 5.09. The standard InChI is InChI=1S/C13H16N4O2S2/c1-20-13-17-11-9(21-13)10(14-6-15-11)16-8-4-2-7(3-5-8)12(18)19/h6-8H,2-5H2,1H3,(H,18,19)(H,14,15,16). The van der Waals surface area contributed by atoms with Gasteiger partial charge in [-0.05, 0) is 31.9 Å². The van der Waals surface area contributed by atoms with Gasteiger partial charge in [0.05, 0.1) is 5.92 Å². The fourth-order valence-corrected chi connectivity index (χ4v) is 4.07. The summed E-state index contributed by atoms with van der Waals surface area (Å²) in [7, 11) is 0. The van der Waals surface area contributed by atoms with Gasteiger partial charge in [0.2, 0.25) is 0 Å². The highest BCUT2D eigenvalue weighted by molar-refractivity contribution is 8.00. The summed E-state index contributed by atoms with van der Waals surface area (Å²) in [6.45, 7) is 0. The normalized spacial score (nSPS) is 22.3. The molecule has 0 radical (unpaired) electrons. The maximum absolute atomic E-state index is 11.0. The van der Waals surface area contributed by atoms with Gasteiger partial charge >= 0.3 is 5.97 Å². The van der Waals surface area contributed by atoms with Crippen molar-refractivity contribution in [2.24, 2.45) is 5.92 Å². The number of fused-ring (bicyclic) bond motifs is 1. The number of carbonyl (C=O) groups is 1. The number of aromatic nitrogens is 3. The highest BCUT2D eigenvalue weighted by Crippen LogP contribution is 2.33. The second-order valence-corrected chi connectivity index (χ2v) is 7.14. The molecule has 21 heavy (non-hydrogen) atoms. The van der Waals surface area contributed by atoms with Crippen LogP contribution in [0.5, 0.6) is 0 Å². The van der Waals surface area contributed by atoms with Gasteiger partial charge < -0.3 is 10.4 Å². The number of hydrogen-bond acceptors (Lipinski definition) is 7. The Morgan fingerprint density at radius 1 is 1.38 bits per heavy atom. The van der Waals surface area contributed by atoms with E-state index in [0.717, 1.165) is 46.2 Å². The molecule has 0 atom stereocenters. The van der Waals surface area contributed by atoms with Crippen LogP contribution in [0.3, 0.4) is 0 Å². The van der Waals surface area contributed by atoms with Gasteiger partial charge in [-0.25, -0.2) is 15.0 Å². The third-order valence-electron chi connectivity index (χ3n) is 3.76. The maximum Gasteiger partial charge on any atom is 0.306 e. The first-order valence-corrected chi connectivity index (χ1v) is 8.86. The largest absolute Gasteiger partial charge is 0.481 e. The zero-order valence-corrected chi connectivity index (χ0v) is 13.2. The lowest BCUT2D eigenvalue weighted by Crippen LogP contribution is -2.29. The molecule has 112 valence electrons. The lowest BCUT2D eigenvalue weighted by Gasteiger charge is -2.27. The Kier molecular flexibility index (Phi) is 4.25. The van der Waals surface area contributed by atoms with E-state index in [2.05, 4.69) is 20.3 Å². The molecule has 1 saturated carbocycles. The summed E-state index contributed by atoms with van der Waals surface area (Å²) in [5.74, 6) is -0.0542. The summed E-state index contributed by atoms with van der Waals surface area (Å²) in [5.41, 5.74) is 0.723. The lowest BCUT2D eigenvalue weighted by molar-refractivity contribution is -0.142. The predicted octanol–water partition coefficient (Wildman–Crippen LogP) is 2.86. The monoisotopic (exact) mass is 324 g/mol. The zero-order valence-electron chi connectivity index (χ0n) is 11.6. The van der Waals surface area contributed by atoms with E-state index in [1.807, 2.05) is 6.26 Å². The molecule has 0 aromatic carbocycles. The number of hydrogen-bond donors (Lipinski definition) is 2. The summed E-state index contributed by atoms with van der Waals surface area (Å²) >= 11 is 3.19. The molecule has 0 aliphatic heterocycles. The number of anilines is 1. The molecule has 0 bridgehead atoms. The first-order chi connectivity index (χ1) is 10.2. The van der Waals surface area contributed by atoms with Crippen molar-refractivity contribution in [3.63, 3.8) is 0 Å². The van der Waals surface area contributed by atoms with Gasteiger partial charge in [0.15, 0.2) is 9.99 Å². The van der Waals surface area contributed by atoms with Gasteiger partial charge in [-0.1, -0.05) is 11.8 Å². The number of thiazole rings is 1. The number of nitrogens with zero attached hydrogens (tertiary/aromatic N) is 3. The predicted molar refractivity (Wildman–Crippen MR) is 84.0 cm³/mol. The van der Waals surface area contributed by atoms with Crippen molar-refractivity contribution in [1.82, 2.24) is 15.0 Å². The Labute approximate surface area is 130 Å². The van der Waals surface area contributed by atoms with Crippen LogP contribution in [0.25, 0.3) is 10.3 Å². The van der Waals surface area contributed by atoms with Crippen molar-refractivity contribution >= 4 is 45.2 Å². The number of aliphatic carboxylic acids is 1. The van der Waals surface area contributed by atoms with E-state index in [0.29, 0.717) is 0 Å². The summed E-state index contributed by atoms with van der Waals surface area (Å²) in [6.07, 6.45) is 6.68. The molecule has 0 spiro atoms. The molecule has 1 aliphatic carbocycles. The molecular weight excluding hydrogens is 308 g/mol. The lowest BCUT2D eigenvalue weighted by atomic mass is 9.86. The highest BCUT2D eigenvalue weighted by atomic mass is 32.2. The van der Waals surface area contributed by atoms with Gasteiger partial charge in [0, 0.05) is 6.04 Å². The average molecular weight is 324 g/mol. The molecule has 0 saturated heterocycles. The van der Waals surface area contributed by atoms with Crippen LogP contribution in [-0.2, 0) is 4.79 Å². The number of carboxylic acids is 1. The minimum atomic E-state index is -0.676. The summed E-state index contributed by atoms with van der Waals surface area (Å²) < 4.78 is 1.95. The highest BCUT2D eigenvalue weighted by Gasteiger charge is 2.26. The van der Waals surface area contributed by atoms with E-state index in [9.17, 15) is 4.79 Å². The Hall–Kier alpha value is -1.41. The topological polar surface area (TPSA) is 88.0 Å². The van der Waals surface area contributed by atoms with Crippen LogP contribution in [0.15, 0.2) is 10.7 Å². The van der Waals surface area contributed by atoms with E-state index in [-0.39, 0.29) is 12.0 Å². The minimum Gasteiger partial charge on any atom is -0.481 e. The van der Waals surface area contributed by atoms with Crippen LogP contribution in [-0.4, -0.2) is 38.3 Å². The quantitative estimate of drug-likeness (QED) is 0.836. The van der Waals surface area contributed by atoms with Crippen molar-refractivity contribution in [1.29, 1.82) is 0 Å². The van der Waals surface area contributed by atoms with Gasteiger partial charge in [0.25, 0.3) is 0 Å². The van der Waals surface area contributed by atoms with Crippen LogP contribution in [0.1, 0.15) is 25.7 Å². The third kappa shape index (κ3) is 3.11. The third-order valence-corrected chi connectivity index (χ3v) is 5.80. The molecule has 2 aromatic heterocycles. The van der Waals surface area contributed by atoms with Crippen molar-refractivity contribution in [2.75, 3.05) is 11.6 Å². The van der Waals surface area contributed by atoms with Gasteiger partial charge in [0.1, 0.15) is 16.8 Å². The van der Waals surface area contributed by atoms with Gasteiger partial charge in [-0.3, -0.25) is 4.79 Å². The number of nitrogens with one attached hydrogen (secondary N) is 1. The fourth-order valence-electron chi connectivity index (χ4n) is 2.60. The van der Waals surface area contributed by atoms with Crippen LogP contribution < -0.4 is 5.32 Å². The Bertz CT molecular complexity index is 653. The minimum absolute atomic E-state index is 0.194. The molecule has 2 heterocycles. The second kappa shape index (κ2) is 6.15. The number of thioether (sulfide) groups is 1. The SMILES string of the molecule is CSc1nc2ncnc(NC3CCC(C(=O)O)CC3)c2s1. The summed E-state index contributed by atoms with van der Waals surface area (Å²) in [5, 5.41) is 12.5. The fraction of sp³-hybridized carbons (Fsp3) is 0.538. The Morgan fingerprint density at radius 3 is 2.81 bits per heavy atom. The molecule has 0 amide bonds. The molecule has 0 unspecified atom stereocenters. The van der Waals surface area contributed by atoms with Crippen molar-refractivity contribution in [2.45, 2.75) is 36.1 Å². The number of rotatable bonds is 4. The molecule has 2 aromatic rings. The van der Waals surface area contributed by atoms with E-state index in [1.165, 1.54) is 6.33 Å². The van der Waals surface area contributed by atoms with Crippen LogP contribution in [0, 0.1) is 5.92 Å². The van der Waals surface area contributed by atoms with Crippen molar-refractivity contribution in [3.8, 4) is 0 Å². The van der Waals surface area contributed by atoms with E-state index in [4.69, 9.17) is 5.11 Å².